The van der Waals surface area contributed by atoms with Crippen molar-refractivity contribution in [2.24, 2.45) is 11.3 Å². The SMILES string of the molecule is CCCc1nc2cc(C(=O)O)ccc2n1CC1CC1(C)C. The first-order chi connectivity index (χ1) is 9.92. The van der Waals surface area contributed by atoms with Crippen molar-refractivity contribution < 1.29 is 9.90 Å². The molecule has 1 aliphatic rings. The fraction of sp³-hybridized carbons (Fsp3) is 0.529. The first-order valence-corrected chi connectivity index (χ1v) is 7.65. The third-order valence-electron chi connectivity index (χ3n) is 4.67. The van der Waals surface area contributed by atoms with E-state index in [4.69, 9.17) is 5.11 Å². The van der Waals surface area contributed by atoms with Gasteiger partial charge in [-0.25, -0.2) is 9.78 Å². The molecule has 112 valence electrons. The molecule has 1 aliphatic carbocycles. The summed E-state index contributed by atoms with van der Waals surface area (Å²) in [7, 11) is 0. The molecule has 3 rings (SSSR count). The molecule has 21 heavy (non-hydrogen) atoms. The molecule has 1 aromatic carbocycles. The van der Waals surface area contributed by atoms with E-state index in [1.54, 1.807) is 12.1 Å². The van der Waals surface area contributed by atoms with E-state index >= 15 is 0 Å². The lowest BCUT2D eigenvalue weighted by molar-refractivity contribution is 0.0697. The zero-order valence-corrected chi connectivity index (χ0v) is 12.9. The molecule has 1 fully saturated rings. The number of carboxylic acid groups (broad SMARTS) is 1. The van der Waals surface area contributed by atoms with Gasteiger partial charge >= 0.3 is 5.97 Å². The minimum Gasteiger partial charge on any atom is -0.478 e. The van der Waals surface area contributed by atoms with Gasteiger partial charge in [-0.3, -0.25) is 0 Å². The Morgan fingerprint density at radius 2 is 2.19 bits per heavy atom. The van der Waals surface area contributed by atoms with Crippen LogP contribution in [0.1, 0.15) is 49.8 Å². The molecular formula is C17H22N2O2. The fourth-order valence-corrected chi connectivity index (χ4v) is 3.04. The molecule has 4 nitrogen and oxygen atoms in total. The Labute approximate surface area is 124 Å². The number of hydrogen-bond acceptors (Lipinski definition) is 2. The monoisotopic (exact) mass is 286 g/mol. The Bertz CT molecular complexity index is 700. The van der Waals surface area contributed by atoms with Crippen LogP contribution >= 0.6 is 0 Å². The van der Waals surface area contributed by atoms with E-state index in [-0.39, 0.29) is 0 Å². The summed E-state index contributed by atoms with van der Waals surface area (Å²) in [5, 5.41) is 9.11. The number of carboxylic acids is 1. The molecule has 0 saturated heterocycles. The first kappa shape index (κ1) is 14.1. The van der Waals surface area contributed by atoms with Gasteiger partial charge in [0.05, 0.1) is 16.6 Å². The maximum Gasteiger partial charge on any atom is 0.335 e. The molecule has 0 amide bonds. The van der Waals surface area contributed by atoms with Crippen molar-refractivity contribution in [3.63, 3.8) is 0 Å². The Morgan fingerprint density at radius 3 is 2.76 bits per heavy atom. The van der Waals surface area contributed by atoms with Gasteiger partial charge in [0.2, 0.25) is 0 Å². The lowest BCUT2D eigenvalue weighted by Gasteiger charge is -2.10. The average Bonchev–Trinajstić information content (AvgIpc) is 2.88. The van der Waals surface area contributed by atoms with Crippen molar-refractivity contribution in [2.45, 2.75) is 46.6 Å². The van der Waals surface area contributed by atoms with Gasteiger partial charge in [-0.15, -0.1) is 0 Å². The summed E-state index contributed by atoms with van der Waals surface area (Å²) in [6, 6.07) is 5.27. The molecule has 1 aromatic heterocycles. The van der Waals surface area contributed by atoms with Crippen molar-refractivity contribution in [3.05, 3.63) is 29.6 Å². The lowest BCUT2D eigenvalue weighted by atomic mass is 10.1. The predicted molar refractivity (Wildman–Crippen MR) is 82.6 cm³/mol. The van der Waals surface area contributed by atoms with Crippen LogP contribution in [0.3, 0.4) is 0 Å². The van der Waals surface area contributed by atoms with Crippen LogP contribution in [0.25, 0.3) is 11.0 Å². The first-order valence-electron chi connectivity index (χ1n) is 7.65. The summed E-state index contributed by atoms with van der Waals surface area (Å²) in [5.41, 5.74) is 2.60. The van der Waals surface area contributed by atoms with Crippen LogP contribution in [0.4, 0.5) is 0 Å². The normalized spacial score (nSPS) is 19.9. The minimum absolute atomic E-state index is 0.307. The molecule has 2 aromatic rings. The molecule has 1 N–H and O–H groups in total. The van der Waals surface area contributed by atoms with Crippen LogP contribution in [0.5, 0.6) is 0 Å². The van der Waals surface area contributed by atoms with Gasteiger partial charge in [-0.1, -0.05) is 20.8 Å². The van der Waals surface area contributed by atoms with Gasteiger partial charge < -0.3 is 9.67 Å². The molecular weight excluding hydrogens is 264 g/mol. The minimum atomic E-state index is -0.896. The summed E-state index contributed by atoms with van der Waals surface area (Å²) in [5.74, 6) is 0.884. The molecule has 0 radical (unpaired) electrons. The van der Waals surface area contributed by atoms with E-state index in [9.17, 15) is 4.79 Å². The maximum atomic E-state index is 11.1. The van der Waals surface area contributed by atoms with Crippen LogP contribution in [0, 0.1) is 11.3 Å². The highest BCUT2D eigenvalue weighted by Gasteiger charge is 2.45. The van der Waals surface area contributed by atoms with Crippen molar-refractivity contribution in [3.8, 4) is 0 Å². The van der Waals surface area contributed by atoms with E-state index in [1.807, 2.05) is 6.07 Å². The van der Waals surface area contributed by atoms with Gasteiger partial charge in [-0.05, 0) is 42.4 Å². The van der Waals surface area contributed by atoms with Crippen molar-refractivity contribution >= 4 is 17.0 Å². The summed E-state index contributed by atoms with van der Waals surface area (Å²) in [4.78, 5) is 15.8. The summed E-state index contributed by atoms with van der Waals surface area (Å²) < 4.78 is 2.30. The summed E-state index contributed by atoms with van der Waals surface area (Å²) in [6.07, 6.45) is 3.23. The van der Waals surface area contributed by atoms with Gasteiger partial charge in [-0.2, -0.15) is 0 Å². The average molecular weight is 286 g/mol. The predicted octanol–water partition coefficient (Wildman–Crippen LogP) is 3.73. The Hall–Kier alpha value is -1.84. The van der Waals surface area contributed by atoms with Crippen LogP contribution in [-0.2, 0) is 13.0 Å². The van der Waals surface area contributed by atoms with Crippen LogP contribution in [0.2, 0.25) is 0 Å². The number of benzene rings is 1. The molecule has 1 saturated carbocycles. The molecule has 0 bridgehead atoms. The number of aromatic nitrogens is 2. The third-order valence-corrected chi connectivity index (χ3v) is 4.67. The molecule has 0 spiro atoms. The Morgan fingerprint density at radius 1 is 1.48 bits per heavy atom. The number of imidazole rings is 1. The van der Waals surface area contributed by atoms with Gasteiger partial charge in [0, 0.05) is 13.0 Å². The van der Waals surface area contributed by atoms with Gasteiger partial charge in [0.15, 0.2) is 0 Å². The van der Waals surface area contributed by atoms with E-state index in [2.05, 4.69) is 30.3 Å². The highest BCUT2D eigenvalue weighted by Crippen LogP contribution is 2.52. The smallest absolute Gasteiger partial charge is 0.335 e. The highest BCUT2D eigenvalue weighted by molar-refractivity contribution is 5.92. The van der Waals surface area contributed by atoms with E-state index in [0.29, 0.717) is 16.9 Å². The number of fused-ring (bicyclic) bond motifs is 1. The Kier molecular flexibility index (Phi) is 3.27. The second kappa shape index (κ2) is 4.86. The number of nitrogens with zero attached hydrogens (tertiary/aromatic N) is 2. The van der Waals surface area contributed by atoms with Crippen molar-refractivity contribution in [1.82, 2.24) is 9.55 Å². The second-order valence-corrected chi connectivity index (χ2v) is 6.79. The second-order valence-electron chi connectivity index (χ2n) is 6.79. The van der Waals surface area contributed by atoms with Crippen LogP contribution in [0.15, 0.2) is 18.2 Å². The van der Waals surface area contributed by atoms with Crippen LogP contribution in [-0.4, -0.2) is 20.6 Å². The zero-order valence-electron chi connectivity index (χ0n) is 12.9. The molecule has 1 atom stereocenters. The topological polar surface area (TPSA) is 55.1 Å². The van der Waals surface area contributed by atoms with Gasteiger partial charge in [0.1, 0.15) is 5.82 Å². The highest BCUT2D eigenvalue weighted by atomic mass is 16.4. The number of aromatic carboxylic acids is 1. The Balaban J connectivity index is 2.03. The van der Waals surface area contributed by atoms with Crippen molar-refractivity contribution in [1.29, 1.82) is 0 Å². The molecule has 4 heteroatoms. The van der Waals surface area contributed by atoms with E-state index < -0.39 is 5.97 Å². The third kappa shape index (κ3) is 2.55. The fourth-order valence-electron chi connectivity index (χ4n) is 3.04. The van der Waals surface area contributed by atoms with Crippen molar-refractivity contribution in [2.75, 3.05) is 0 Å². The largest absolute Gasteiger partial charge is 0.478 e. The lowest BCUT2D eigenvalue weighted by Crippen LogP contribution is -2.08. The zero-order chi connectivity index (χ0) is 15.2. The van der Waals surface area contributed by atoms with E-state index in [1.165, 1.54) is 6.42 Å². The summed E-state index contributed by atoms with van der Waals surface area (Å²) >= 11 is 0. The molecule has 1 unspecified atom stereocenters. The van der Waals surface area contributed by atoms with E-state index in [0.717, 1.165) is 36.2 Å². The number of hydrogen-bond donors (Lipinski definition) is 1. The number of carbonyl (C=O) groups is 1. The molecule has 1 heterocycles. The standard InChI is InChI=1S/C17H22N2O2/c1-4-5-15-18-13-8-11(16(20)21)6-7-14(13)19(15)10-12-9-17(12,2)3/h6-8,12H,4-5,9-10H2,1-3H3,(H,20,21). The quantitative estimate of drug-likeness (QED) is 0.911. The van der Waals surface area contributed by atoms with Crippen LogP contribution < -0.4 is 0 Å². The van der Waals surface area contributed by atoms with Gasteiger partial charge in [0.25, 0.3) is 0 Å². The molecule has 0 aliphatic heterocycles. The number of rotatable bonds is 5. The maximum absolute atomic E-state index is 11.1. The summed E-state index contributed by atoms with van der Waals surface area (Å²) in [6.45, 7) is 7.75. The number of aryl methyl sites for hydroxylation is 1.